The van der Waals surface area contributed by atoms with E-state index >= 15 is 0 Å². The Hall–Kier alpha value is -1.15. The van der Waals surface area contributed by atoms with Crippen molar-refractivity contribution in [2.75, 3.05) is 6.54 Å². The Morgan fingerprint density at radius 2 is 2.00 bits per heavy atom. The van der Waals surface area contributed by atoms with E-state index in [1.165, 1.54) is 19.3 Å². The summed E-state index contributed by atoms with van der Waals surface area (Å²) in [6.45, 7) is 0.624. The van der Waals surface area contributed by atoms with Gasteiger partial charge in [-0.1, -0.05) is 19.3 Å². The molecule has 0 bridgehead atoms. The summed E-state index contributed by atoms with van der Waals surface area (Å²) in [4.78, 5) is 27.4. The zero-order valence-corrected chi connectivity index (χ0v) is 8.82. The number of hydrogen-bond acceptors (Lipinski definition) is 3. The van der Waals surface area contributed by atoms with Gasteiger partial charge in [0.1, 0.15) is 0 Å². The molecule has 1 amide bonds. The van der Waals surface area contributed by atoms with E-state index in [1.54, 1.807) is 6.08 Å². The van der Waals surface area contributed by atoms with E-state index < -0.39 is 0 Å². The van der Waals surface area contributed by atoms with Crippen molar-refractivity contribution in [2.24, 2.45) is 4.99 Å². The molecular weight excluding hydrogens is 192 g/mol. The van der Waals surface area contributed by atoms with Gasteiger partial charge in [-0.05, 0) is 12.8 Å². The Kier molecular flexibility index (Phi) is 3.17. The van der Waals surface area contributed by atoms with Crippen LogP contribution in [0.2, 0.25) is 0 Å². The average molecular weight is 208 g/mol. The van der Waals surface area contributed by atoms with Gasteiger partial charge in [0.15, 0.2) is 0 Å². The standard InChI is InChI=1S/C11H16N2O2/c14-8-12-9-6-11(15)13(7-9)10-4-2-1-3-5-10/h9-10H,1-7H2. The van der Waals surface area contributed by atoms with Crippen LogP contribution >= 0.6 is 0 Å². The number of carbonyl (C=O) groups is 1. The largest absolute Gasteiger partial charge is 0.337 e. The van der Waals surface area contributed by atoms with E-state index in [-0.39, 0.29) is 11.9 Å². The van der Waals surface area contributed by atoms with Crippen LogP contribution in [0.1, 0.15) is 38.5 Å². The van der Waals surface area contributed by atoms with E-state index in [2.05, 4.69) is 4.99 Å². The molecule has 2 aliphatic rings. The van der Waals surface area contributed by atoms with Crippen LogP contribution in [0.25, 0.3) is 0 Å². The monoisotopic (exact) mass is 208 g/mol. The summed E-state index contributed by atoms with van der Waals surface area (Å²) < 4.78 is 0. The van der Waals surface area contributed by atoms with Gasteiger partial charge in [-0.3, -0.25) is 4.79 Å². The molecule has 4 heteroatoms. The van der Waals surface area contributed by atoms with E-state index in [1.807, 2.05) is 4.90 Å². The molecule has 1 atom stereocenters. The topological polar surface area (TPSA) is 49.7 Å². The molecule has 0 aromatic carbocycles. The van der Waals surface area contributed by atoms with E-state index in [9.17, 15) is 9.59 Å². The molecular formula is C11H16N2O2. The quantitative estimate of drug-likeness (QED) is 0.506. The molecule has 0 aromatic heterocycles. The van der Waals surface area contributed by atoms with Gasteiger partial charge in [-0.2, -0.15) is 0 Å². The molecule has 82 valence electrons. The van der Waals surface area contributed by atoms with Gasteiger partial charge in [-0.15, -0.1) is 0 Å². The molecule has 15 heavy (non-hydrogen) atoms. The highest BCUT2D eigenvalue weighted by Gasteiger charge is 2.34. The zero-order chi connectivity index (χ0) is 10.7. The van der Waals surface area contributed by atoms with Crippen LogP contribution in [-0.2, 0) is 9.59 Å². The molecule has 4 nitrogen and oxygen atoms in total. The molecule has 2 fully saturated rings. The fourth-order valence-electron chi connectivity index (χ4n) is 2.62. The van der Waals surface area contributed by atoms with Crippen molar-refractivity contribution in [1.82, 2.24) is 4.90 Å². The summed E-state index contributed by atoms with van der Waals surface area (Å²) in [5.74, 6) is 0.158. The molecule has 1 saturated carbocycles. The molecule has 0 spiro atoms. The fourth-order valence-corrected chi connectivity index (χ4v) is 2.62. The zero-order valence-electron chi connectivity index (χ0n) is 8.82. The first-order valence-corrected chi connectivity index (χ1v) is 5.67. The van der Waals surface area contributed by atoms with Crippen LogP contribution in [0, 0.1) is 0 Å². The van der Waals surface area contributed by atoms with Crippen molar-refractivity contribution in [1.29, 1.82) is 0 Å². The van der Waals surface area contributed by atoms with Gasteiger partial charge < -0.3 is 4.90 Å². The molecule has 0 N–H and O–H groups in total. The van der Waals surface area contributed by atoms with Crippen molar-refractivity contribution in [3.05, 3.63) is 0 Å². The van der Waals surface area contributed by atoms with Crippen molar-refractivity contribution >= 4 is 12.0 Å². The van der Waals surface area contributed by atoms with Gasteiger partial charge in [0.25, 0.3) is 0 Å². The first-order valence-electron chi connectivity index (χ1n) is 5.67. The summed E-state index contributed by atoms with van der Waals surface area (Å²) >= 11 is 0. The van der Waals surface area contributed by atoms with E-state index in [4.69, 9.17) is 0 Å². The number of amides is 1. The summed E-state index contributed by atoms with van der Waals surface area (Å²) in [5.41, 5.74) is 0. The van der Waals surface area contributed by atoms with Crippen molar-refractivity contribution in [3.63, 3.8) is 0 Å². The molecule has 2 rings (SSSR count). The minimum Gasteiger partial charge on any atom is -0.337 e. The van der Waals surface area contributed by atoms with Crippen LogP contribution in [-0.4, -0.2) is 35.5 Å². The van der Waals surface area contributed by atoms with E-state index in [0.29, 0.717) is 19.0 Å². The number of hydrogen-bond donors (Lipinski definition) is 0. The third-order valence-electron chi connectivity index (χ3n) is 3.39. The molecule has 0 radical (unpaired) electrons. The number of nitrogens with zero attached hydrogens (tertiary/aromatic N) is 2. The third-order valence-corrected chi connectivity index (χ3v) is 3.39. The lowest BCUT2D eigenvalue weighted by molar-refractivity contribution is -0.130. The maximum Gasteiger partial charge on any atom is 0.235 e. The highest BCUT2D eigenvalue weighted by atomic mass is 16.2. The first kappa shape index (κ1) is 10.4. The summed E-state index contributed by atoms with van der Waals surface area (Å²) in [6.07, 6.45) is 7.90. The first-order chi connectivity index (χ1) is 7.31. The average Bonchev–Trinajstić information content (AvgIpc) is 2.61. The van der Waals surface area contributed by atoms with Crippen LogP contribution in [0.5, 0.6) is 0 Å². The number of isocyanates is 1. The third kappa shape index (κ3) is 2.26. The lowest BCUT2D eigenvalue weighted by atomic mass is 9.94. The maximum absolute atomic E-state index is 11.7. The molecule has 1 saturated heterocycles. The molecule has 1 heterocycles. The maximum atomic E-state index is 11.7. The summed E-state index contributed by atoms with van der Waals surface area (Å²) in [7, 11) is 0. The molecule has 0 aromatic rings. The molecule has 1 unspecified atom stereocenters. The minimum atomic E-state index is -0.142. The van der Waals surface area contributed by atoms with Crippen molar-refractivity contribution in [3.8, 4) is 0 Å². The highest BCUT2D eigenvalue weighted by molar-refractivity contribution is 5.79. The number of aliphatic imine (C=N–C) groups is 1. The van der Waals surface area contributed by atoms with Gasteiger partial charge in [0.05, 0.1) is 12.5 Å². The predicted molar refractivity (Wildman–Crippen MR) is 55.1 cm³/mol. The van der Waals surface area contributed by atoms with Crippen molar-refractivity contribution in [2.45, 2.75) is 50.6 Å². The highest BCUT2D eigenvalue weighted by Crippen LogP contribution is 2.27. The SMILES string of the molecule is O=C=NC1CC(=O)N(C2CCCCC2)C1. The number of carbonyl (C=O) groups excluding carboxylic acids is 2. The molecule has 1 aliphatic heterocycles. The van der Waals surface area contributed by atoms with Gasteiger partial charge in [0, 0.05) is 12.6 Å². The smallest absolute Gasteiger partial charge is 0.235 e. The van der Waals surface area contributed by atoms with Gasteiger partial charge in [0.2, 0.25) is 12.0 Å². The van der Waals surface area contributed by atoms with E-state index in [0.717, 1.165) is 12.8 Å². The molecule has 1 aliphatic carbocycles. The Morgan fingerprint density at radius 3 is 2.67 bits per heavy atom. The van der Waals surface area contributed by atoms with Crippen molar-refractivity contribution < 1.29 is 9.59 Å². The fraction of sp³-hybridized carbons (Fsp3) is 0.818. The second-order valence-corrected chi connectivity index (χ2v) is 4.42. The number of likely N-dealkylation sites (tertiary alicyclic amines) is 1. The second kappa shape index (κ2) is 4.58. The number of rotatable bonds is 2. The summed E-state index contributed by atoms with van der Waals surface area (Å²) in [6, 6.07) is 0.259. The second-order valence-electron chi connectivity index (χ2n) is 4.42. The van der Waals surface area contributed by atoms with Crippen LogP contribution in [0.15, 0.2) is 4.99 Å². The van der Waals surface area contributed by atoms with Crippen LogP contribution in [0.3, 0.4) is 0 Å². The Morgan fingerprint density at radius 1 is 1.27 bits per heavy atom. The van der Waals surface area contributed by atoms with Crippen LogP contribution in [0.4, 0.5) is 0 Å². The van der Waals surface area contributed by atoms with Gasteiger partial charge in [-0.25, -0.2) is 9.79 Å². The normalized spacial score (nSPS) is 27.9. The minimum absolute atomic E-state index is 0.142. The van der Waals surface area contributed by atoms with Gasteiger partial charge >= 0.3 is 0 Å². The predicted octanol–water partition coefficient (Wildman–Crippen LogP) is 1.26. The Bertz CT molecular complexity index is 291. The Labute approximate surface area is 89.4 Å². The summed E-state index contributed by atoms with van der Waals surface area (Å²) in [5, 5.41) is 0. The lowest BCUT2D eigenvalue weighted by Crippen LogP contribution is -2.38. The Balaban J connectivity index is 1.97. The van der Waals surface area contributed by atoms with Crippen LogP contribution < -0.4 is 0 Å². The lowest BCUT2D eigenvalue weighted by Gasteiger charge is -2.30.